The van der Waals surface area contributed by atoms with Gasteiger partial charge in [-0.15, -0.1) is 0 Å². The SMILES string of the molecule is CC=O.CC[C@H](C(N)=O)c1ccccc1. The normalized spacial score (nSPS) is 10.8. The summed E-state index contributed by atoms with van der Waals surface area (Å²) in [7, 11) is 0. The fraction of sp³-hybridized carbons (Fsp3) is 0.333. The number of aldehydes is 1. The van der Waals surface area contributed by atoms with Gasteiger partial charge in [-0.1, -0.05) is 37.3 Å². The van der Waals surface area contributed by atoms with Gasteiger partial charge in [0.05, 0.1) is 5.92 Å². The van der Waals surface area contributed by atoms with Crippen molar-refractivity contribution in [3.05, 3.63) is 35.9 Å². The Labute approximate surface area is 90.3 Å². The lowest BCUT2D eigenvalue weighted by Crippen LogP contribution is -2.20. The van der Waals surface area contributed by atoms with Crippen molar-refractivity contribution in [2.24, 2.45) is 5.73 Å². The summed E-state index contributed by atoms with van der Waals surface area (Å²) in [5.74, 6) is -0.380. The monoisotopic (exact) mass is 207 g/mol. The van der Waals surface area contributed by atoms with Crippen LogP contribution in [-0.2, 0) is 9.59 Å². The molecule has 3 heteroatoms. The molecule has 0 bridgehead atoms. The van der Waals surface area contributed by atoms with E-state index in [-0.39, 0.29) is 11.8 Å². The first-order chi connectivity index (χ1) is 7.17. The number of rotatable bonds is 3. The average molecular weight is 207 g/mol. The maximum Gasteiger partial charge on any atom is 0.224 e. The Morgan fingerprint density at radius 3 is 2.20 bits per heavy atom. The predicted octanol–water partition coefficient (Wildman–Crippen LogP) is 1.87. The number of hydrogen-bond acceptors (Lipinski definition) is 2. The number of amides is 1. The van der Waals surface area contributed by atoms with Gasteiger partial charge in [-0.25, -0.2) is 0 Å². The van der Waals surface area contributed by atoms with Crippen LogP contribution in [0, 0.1) is 0 Å². The fourth-order valence-electron chi connectivity index (χ4n) is 1.29. The molecule has 3 nitrogen and oxygen atoms in total. The van der Waals surface area contributed by atoms with Gasteiger partial charge >= 0.3 is 0 Å². The zero-order valence-corrected chi connectivity index (χ0v) is 9.14. The Morgan fingerprint density at radius 2 is 1.87 bits per heavy atom. The Morgan fingerprint density at radius 1 is 1.40 bits per heavy atom. The van der Waals surface area contributed by atoms with Crippen LogP contribution in [0.25, 0.3) is 0 Å². The van der Waals surface area contributed by atoms with Crippen LogP contribution >= 0.6 is 0 Å². The van der Waals surface area contributed by atoms with E-state index in [2.05, 4.69) is 0 Å². The van der Waals surface area contributed by atoms with Crippen molar-refractivity contribution in [2.75, 3.05) is 0 Å². The van der Waals surface area contributed by atoms with Crippen molar-refractivity contribution in [2.45, 2.75) is 26.2 Å². The molecule has 0 saturated carbocycles. The Bertz CT molecular complexity index is 296. The molecule has 1 rings (SSSR count). The van der Waals surface area contributed by atoms with Crippen molar-refractivity contribution in [1.82, 2.24) is 0 Å². The molecule has 1 aromatic rings. The summed E-state index contributed by atoms with van der Waals surface area (Å²) in [6, 6.07) is 9.62. The number of benzene rings is 1. The predicted molar refractivity (Wildman–Crippen MR) is 60.4 cm³/mol. The van der Waals surface area contributed by atoms with Gasteiger partial charge in [0.15, 0.2) is 0 Å². The van der Waals surface area contributed by atoms with Crippen LogP contribution in [-0.4, -0.2) is 12.2 Å². The summed E-state index contributed by atoms with van der Waals surface area (Å²) in [6.07, 6.45) is 1.51. The molecule has 0 spiro atoms. The largest absolute Gasteiger partial charge is 0.369 e. The highest BCUT2D eigenvalue weighted by Crippen LogP contribution is 2.17. The van der Waals surface area contributed by atoms with Crippen LogP contribution in [0.4, 0.5) is 0 Å². The van der Waals surface area contributed by atoms with E-state index in [1.165, 1.54) is 6.92 Å². The second-order valence-electron chi connectivity index (χ2n) is 3.01. The van der Waals surface area contributed by atoms with Crippen LogP contribution in [0.2, 0.25) is 0 Å². The van der Waals surface area contributed by atoms with Gasteiger partial charge in [0.25, 0.3) is 0 Å². The lowest BCUT2D eigenvalue weighted by atomic mass is 9.96. The molecule has 0 aliphatic heterocycles. The zero-order chi connectivity index (χ0) is 11.7. The zero-order valence-electron chi connectivity index (χ0n) is 9.14. The van der Waals surface area contributed by atoms with E-state index >= 15 is 0 Å². The number of primary amides is 1. The summed E-state index contributed by atoms with van der Waals surface area (Å²) in [4.78, 5) is 19.8. The number of hydrogen-bond donors (Lipinski definition) is 1. The number of nitrogens with two attached hydrogens (primary N) is 1. The van der Waals surface area contributed by atoms with Crippen molar-refractivity contribution >= 4 is 12.2 Å². The van der Waals surface area contributed by atoms with E-state index < -0.39 is 0 Å². The summed E-state index contributed by atoms with van der Waals surface area (Å²) in [5, 5.41) is 0. The van der Waals surface area contributed by atoms with Gasteiger partial charge < -0.3 is 10.5 Å². The van der Waals surface area contributed by atoms with Gasteiger partial charge in [-0.05, 0) is 18.9 Å². The fourth-order valence-corrected chi connectivity index (χ4v) is 1.29. The molecular weight excluding hydrogens is 190 g/mol. The third-order valence-corrected chi connectivity index (χ3v) is 1.95. The molecule has 0 aromatic heterocycles. The van der Waals surface area contributed by atoms with Crippen molar-refractivity contribution in [3.63, 3.8) is 0 Å². The van der Waals surface area contributed by atoms with Crippen molar-refractivity contribution < 1.29 is 9.59 Å². The topological polar surface area (TPSA) is 60.2 Å². The quantitative estimate of drug-likeness (QED) is 0.769. The van der Waals surface area contributed by atoms with Crippen LogP contribution < -0.4 is 5.73 Å². The molecule has 1 amide bonds. The van der Waals surface area contributed by atoms with E-state index in [4.69, 9.17) is 10.5 Å². The number of carbonyl (C=O) groups excluding carboxylic acids is 2. The highest BCUT2D eigenvalue weighted by atomic mass is 16.1. The van der Waals surface area contributed by atoms with E-state index in [9.17, 15) is 4.79 Å². The molecule has 1 atom stereocenters. The van der Waals surface area contributed by atoms with Crippen molar-refractivity contribution in [3.8, 4) is 0 Å². The molecule has 1 aromatic carbocycles. The third kappa shape index (κ3) is 4.96. The first-order valence-electron chi connectivity index (χ1n) is 4.91. The maximum absolute atomic E-state index is 11.0. The standard InChI is InChI=1S/C10H13NO.C2H4O/c1-2-9(10(11)12)8-6-4-3-5-7-8;1-2-3/h3-7,9H,2H2,1H3,(H2,11,12);2H,1H3/t9-;/m0./s1. The molecule has 0 radical (unpaired) electrons. The van der Waals surface area contributed by atoms with Gasteiger partial charge in [0.2, 0.25) is 5.91 Å². The van der Waals surface area contributed by atoms with Crippen LogP contribution in [0.3, 0.4) is 0 Å². The first kappa shape index (κ1) is 13.4. The molecule has 0 unspecified atom stereocenters. The molecular formula is C12H17NO2. The summed E-state index contributed by atoms with van der Waals surface area (Å²) in [5.41, 5.74) is 6.25. The summed E-state index contributed by atoms with van der Waals surface area (Å²) >= 11 is 0. The summed E-state index contributed by atoms with van der Waals surface area (Å²) < 4.78 is 0. The molecule has 2 N–H and O–H groups in total. The van der Waals surface area contributed by atoms with E-state index in [1.54, 1.807) is 0 Å². The van der Waals surface area contributed by atoms with E-state index in [1.807, 2.05) is 37.3 Å². The highest BCUT2D eigenvalue weighted by Gasteiger charge is 2.13. The molecule has 0 saturated heterocycles. The van der Waals surface area contributed by atoms with Gasteiger partial charge in [-0.3, -0.25) is 4.79 Å². The van der Waals surface area contributed by atoms with E-state index in [0.29, 0.717) is 0 Å². The van der Waals surface area contributed by atoms with Gasteiger partial charge in [0, 0.05) is 0 Å². The van der Waals surface area contributed by atoms with Crippen LogP contribution in [0.15, 0.2) is 30.3 Å². The average Bonchev–Trinajstić information content (AvgIpc) is 2.21. The maximum atomic E-state index is 11.0. The molecule has 82 valence electrons. The van der Waals surface area contributed by atoms with Crippen LogP contribution in [0.5, 0.6) is 0 Å². The lowest BCUT2D eigenvalue weighted by molar-refractivity contribution is -0.119. The van der Waals surface area contributed by atoms with Crippen LogP contribution in [0.1, 0.15) is 31.7 Å². The highest BCUT2D eigenvalue weighted by molar-refractivity contribution is 5.81. The molecule has 0 aliphatic rings. The van der Waals surface area contributed by atoms with Gasteiger partial charge in [-0.2, -0.15) is 0 Å². The molecule has 0 heterocycles. The van der Waals surface area contributed by atoms with E-state index in [0.717, 1.165) is 18.3 Å². The smallest absolute Gasteiger partial charge is 0.224 e. The first-order valence-corrected chi connectivity index (χ1v) is 4.91. The number of carbonyl (C=O) groups is 2. The van der Waals surface area contributed by atoms with Gasteiger partial charge in [0.1, 0.15) is 6.29 Å². The molecule has 0 fully saturated rings. The second kappa shape index (κ2) is 7.74. The lowest BCUT2D eigenvalue weighted by Gasteiger charge is -2.09. The minimum absolute atomic E-state index is 0.133. The third-order valence-electron chi connectivity index (χ3n) is 1.95. The molecule has 0 aliphatic carbocycles. The Hall–Kier alpha value is -1.64. The van der Waals surface area contributed by atoms with Crippen molar-refractivity contribution in [1.29, 1.82) is 0 Å². The second-order valence-corrected chi connectivity index (χ2v) is 3.01. The Kier molecular flexibility index (Phi) is 6.89. The summed E-state index contributed by atoms with van der Waals surface area (Å²) in [6.45, 7) is 3.41. The molecule has 15 heavy (non-hydrogen) atoms. The minimum atomic E-state index is -0.247. The minimum Gasteiger partial charge on any atom is -0.369 e. The Balaban J connectivity index is 0.000000583.